The molecule has 2 saturated heterocycles. The quantitative estimate of drug-likeness (QED) is 0.832. The Balaban J connectivity index is 1.38. The zero-order valence-electron chi connectivity index (χ0n) is 16.2. The van der Waals surface area contributed by atoms with E-state index in [1.165, 1.54) is 6.42 Å². The largest absolute Gasteiger partial charge is 0.356 e. The highest BCUT2D eigenvalue weighted by molar-refractivity contribution is 5.79. The lowest BCUT2D eigenvalue weighted by atomic mass is 9.89. The minimum absolute atomic E-state index is 0.147. The third kappa shape index (κ3) is 3.96. The van der Waals surface area contributed by atoms with Crippen LogP contribution in [-0.2, 0) is 4.79 Å². The summed E-state index contributed by atoms with van der Waals surface area (Å²) in [6.45, 7) is 8.07. The molecule has 144 valence electrons. The van der Waals surface area contributed by atoms with Gasteiger partial charge in [-0.05, 0) is 31.1 Å². The SMILES string of the molecule is CC1CC(C)CN(C(=O)C2CCN(c3cc(-n4ccnc4)ncn3)CC2)C1. The summed E-state index contributed by atoms with van der Waals surface area (Å²) in [7, 11) is 0. The van der Waals surface area contributed by atoms with E-state index in [0.29, 0.717) is 17.7 Å². The third-order valence-electron chi connectivity index (χ3n) is 5.76. The van der Waals surface area contributed by atoms with E-state index >= 15 is 0 Å². The Morgan fingerprint density at radius 2 is 1.78 bits per heavy atom. The van der Waals surface area contributed by atoms with Crippen LogP contribution in [0.25, 0.3) is 5.82 Å². The molecule has 2 aromatic heterocycles. The maximum absolute atomic E-state index is 13.0. The van der Waals surface area contributed by atoms with Crippen molar-refractivity contribution in [1.82, 2.24) is 24.4 Å². The molecule has 2 unspecified atom stereocenters. The fourth-order valence-electron chi connectivity index (χ4n) is 4.50. The van der Waals surface area contributed by atoms with Crippen LogP contribution in [0.1, 0.15) is 33.1 Å². The van der Waals surface area contributed by atoms with Crippen molar-refractivity contribution in [3.05, 3.63) is 31.1 Å². The smallest absolute Gasteiger partial charge is 0.225 e. The van der Waals surface area contributed by atoms with Crippen molar-refractivity contribution in [3.63, 3.8) is 0 Å². The highest BCUT2D eigenvalue weighted by Crippen LogP contribution is 2.27. The lowest BCUT2D eigenvalue weighted by Crippen LogP contribution is -2.48. The van der Waals surface area contributed by atoms with Crippen molar-refractivity contribution in [3.8, 4) is 5.82 Å². The van der Waals surface area contributed by atoms with E-state index in [2.05, 4.69) is 38.6 Å². The number of amides is 1. The second kappa shape index (κ2) is 7.66. The topological polar surface area (TPSA) is 67.2 Å². The maximum Gasteiger partial charge on any atom is 0.225 e. The number of imidazole rings is 1. The van der Waals surface area contributed by atoms with E-state index < -0.39 is 0 Å². The molecule has 0 saturated carbocycles. The van der Waals surface area contributed by atoms with Gasteiger partial charge in [0.2, 0.25) is 5.91 Å². The zero-order chi connectivity index (χ0) is 18.8. The Hall–Kier alpha value is -2.44. The minimum Gasteiger partial charge on any atom is -0.356 e. The summed E-state index contributed by atoms with van der Waals surface area (Å²) in [6.07, 6.45) is 9.95. The first-order valence-corrected chi connectivity index (χ1v) is 9.94. The third-order valence-corrected chi connectivity index (χ3v) is 5.76. The molecule has 2 atom stereocenters. The molecule has 0 aliphatic carbocycles. The molecule has 0 aromatic carbocycles. The normalized spacial score (nSPS) is 24.2. The lowest BCUT2D eigenvalue weighted by Gasteiger charge is -2.39. The second-order valence-corrected chi connectivity index (χ2v) is 8.15. The van der Waals surface area contributed by atoms with Crippen LogP contribution in [-0.4, -0.2) is 56.5 Å². The molecule has 2 fully saturated rings. The van der Waals surface area contributed by atoms with Gasteiger partial charge >= 0.3 is 0 Å². The summed E-state index contributed by atoms with van der Waals surface area (Å²) in [5.74, 6) is 3.45. The van der Waals surface area contributed by atoms with Gasteiger partial charge in [0.1, 0.15) is 24.3 Å². The van der Waals surface area contributed by atoms with Crippen molar-refractivity contribution in [1.29, 1.82) is 0 Å². The van der Waals surface area contributed by atoms with Crippen molar-refractivity contribution in [2.24, 2.45) is 17.8 Å². The number of rotatable bonds is 3. The molecular formula is C20H28N6O. The molecule has 7 heteroatoms. The molecule has 2 aliphatic rings. The van der Waals surface area contributed by atoms with Gasteiger partial charge in [0, 0.05) is 50.6 Å². The van der Waals surface area contributed by atoms with Crippen LogP contribution in [0.2, 0.25) is 0 Å². The molecule has 1 amide bonds. The molecule has 7 nitrogen and oxygen atoms in total. The highest BCUT2D eigenvalue weighted by Gasteiger charge is 2.32. The van der Waals surface area contributed by atoms with E-state index in [-0.39, 0.29) is 5.92 Å². The standard InChI is InChI=1S/C20H28N6O/c1-15-9-16(2)12-26(11-15)20(27)17-3-6-24(7-4-17)18-10-19(23-13-22-18)25-8-5-21-14-25/h5,8,10,13-17H,3-4,6-7,9,11-12H2,1-2H3. The molecule has 27 heavy (non-hydrogen) atoms. The molecule has 0 N–H and O–H groups in total. The van der Waals surface area contributed by atoms with Crippen LogP contribution < -0.4 is 4.90 Å². The van der Waals surface area contributed by atoms with Crippen molar-refractivity contribution >= 4 is 11.7 Å². The molecule has 2 aromatic rings. The van der Waals surface area contributed by atoms with Crippen molar-refractivity contribution in [2.75, 3.05) is 31.1 Å². The van der Waals surface area contributed by atoms with E-state index in [0.717, 1.165) is 50.7 Å². The Morgan fingerprint density at radius 1 is 1.07 bits per heavy atom. The van der Waals surface area contributed by atoms with Crippen LogP contribution in [0, 0.1) is 17.8 Å². The summed E-state index contributed by atoms with van der Waals surface area (Å²) in [5.41, 5.74) is 0. The van der Waals surface area contributed by atoms with Gasteiger partial charge in [-0.1, -0.05) is 13.8 Å². The maximum atomic E-state index is 13.0. The monoisotopic (exact) mass is 368 g/mol. The minimum atomic E-state index is 0.147. The van der Waals surface area contributed by atoms with Crippen molar-refractivity contribution in [2.45, 2.75) is 33.1 Å². The number of carbonyl (C=O) groups excluding carboxylic acids is 1. The van der Waals surface area contributed by atoms with E-state index in [1.807, 2.05) is 16.8 Å². The number of likely N-dealkylation sites (tertiary alicyclic amines) is 1. The van der Waals surface area contributed by atoms with Gasteiger partial charge in [-0.2, -0.15) is 0 Å². The Morgan fingerprint density at radius 3 is 2.44 bits per heavy atom. The zero-order valence-corrected chi connectivity index (χ0v) is 16.2. The number of carbonyl (C=O) groups is 1. The van der Waals surface area contributed by atoms with Crippen LogP contribution >= 0.6 is 0 Å². The number of anilines is 1. The van der Waals surface area contributed by atoms with Crippen molar-refractivity contribution < 1.29 is 4.79 Å². The first-order chi connectivity index (χ1) is 13.1. The summed E-state index contributed by atoms with van der Waals surface area (Å²) >= 11 is 0. The van der Waals surface area contributed by atoms with Gasteiger partial charge in [0.25, 0.3) is 0 Å². The van der Waals surface area contributed by atoms with E-state index in [1.54, 1.807) is 18.9 Å². The lowest BCUT2D eigenvalue weighted by molar-refractivity contribution is -0.138. The Bertz CT molecular complexity index is 759. The van der Waals surface area contributed by atoms with Gasteiger partial charge < -0.3 is 9.80 Å². The molecule has 0 spiro atoms. The predicted octanol–water partition coefficient (Wildman–Crippen LogP) is 2.38. The summed E-state index contributed by atoms with van der Waals surface area (Å²) < 4.78 is 1.88. The number of aromatic nitrogens is 4. The number of hydrogen-bond acceptors (Lipinski definition) is 5. The Labute approximate surface area is 160 Å². The fraction of sp³-hybridized carbons (Fsp3) is 0.600. The highest BCUT2D eigenvalue weighted by atomic mass is 16.2. The first kappa shape index (κ1) is 17.9. The number of hydrogen-bond donors (Lipinski definition) is 0. The van der Waals surface area contributed by atoms with Gasteiger partial charge in [0.05, 0.1) is 0 Å². The molecular weight excluding hydrogens is 340 g/mol. The number of nitrogens with zero attached hydrogens (tertiary/aromatic N) is 6. The first-order valence-electron chi connectivity index (χ1n) is 9.94. The van der Waals surface area contributed by atoms with E-state index in [4.69, 9.17) is 0 Å². The van der Waals surface area contributed by atoms with Crippen LogP contribution in [0.15, 0.2) is 31.1 Å². The van der Waals surface area contributed by atoms with Gasteiger partial charge in [-0.15, -0.1) is 0 Å². The molecule has 0 radical (unpaired) electrons. The average Bonchev–Trinajstić information content (AvgIpc) is 3.22. The van der Waals surface area contributed by atoms with Gasteiger partial charge in [-0.3, -0.25) is 9.36 Å². The molecule has 0 bridgehead atoms. The predicted molar refractivity (Wildman–Crippen MR) is 104 cm³/mol. The van der Waals surface area contributed by atoms with Crippen LogP contribution in [0.5, 0.6) is 0 Å². The molecule has 2 aliphatic heterocycles. The summed E-state index contributed by atoms with van der Waals surface area (Å²) in [5, 5.41) is 0. The molecule has 4 rings (SSSR count). The number of piperidine rings is 2. The van der Waals surface area contributed by atoms with Gasteiger partial charge in [-0.25, -0.2) is 15.0 Å². The van der Waals surface area contributed by atoms with E-state index in [9.17, 15) is 4.79 Å². The summed E-state index contributed by atoms with van der Waals surface area (Å²) in [6, 6.07) is 1.98. The average molecular weight is 368 g/mol. The Kier molecular flexibility index (Phi) is 5.09. The fourth-order valence-corrected chi connectivity index (χ4v) is 4.50. The van der Waals surface area contributed by atoms with Gasteiger partial charge in [0.15, 0.2) is 0 Å². The second-order valence-electron chi connectivity index (χ2n) is 8.15. The van der Waals surface area contributed by atoms with Crippen LogP contribution in [0.4, 0.5) is 5.82 Å². The van der Waals surface area contributed by atoms with Crippen LogP contribution in [0.3, 0.4) is 0 Å². The molecule has 4 heterocycles. The summed E-state index contributed by atoms with van der Waals surface area (Å²) in [4.78, 5) is 30.2.